The van der Waals surface area contributed by atoms with Gasteiger partial charge >= 0.3 is 0 Å². The molecule has 1 aliphatic heterocycles. The average molecular weight is 401 g/mol. The summed E-state index contributed by atoms with van der Waals surface area (Å²) in [4.78, 5) is 19.4. The van der Waals surface area contributed by atoms with Crippen LogP contribution in [0.15, 0.2) is 58.4 Å². The number of benzene rings is 2. The Labute approximate surface area is 172 Å². The van der Waals surface area contributed by atoms with Gasteiger partial charge in [-0.15, -0.1) is 11.3 Å². The van der Waals surface area contributed by atoms with Gasteiger partial charge in [-0.1, -0.05) is 41.1 Å². The predicted molar refractivity (Wildman–Crippen MR) is 114 cm³/mol. The van der Waals surface area contributed by atoms with Gasteiger partial charge in [0.25, 0.3) is 5.91 Å². The van der Waals surface area contributed by atoms with E-state index >= 15 is 0 Å². The van der Waals surface area contributed by atoms with Crippen molar-refractivity contribution in [2.45, 2.75) is 20.3 Å². The van der Waals surface area contributed by atoms with Crippen LogP contribution in [0, 0.1) is 13.8 Å². The number of thiazole rings is 1. The molecular formula is C23H19N3O2S. The first kappa shape index (κ1) is 17.8. The zero-order valence-corrected chi connectivity index (χ0v) is 17.0. The Morgan fingerprint density at radius 2 is 1.83 bits per heavy atom. The van der Waals surface area contributed by atoms with Gasteiger partial charge in [0.05, 0.1) is 10.7 Å². The fourth-order valence-corrected chi connectivity index (χ4v) is 4.26. The fourth-order valence-electron chi connectivity index (χ4n) is 3.64. The van der Waals surface area contributed by atoms with Crippen molar-refractivity contribution in [1.82, 2.24) is 10.1 Å². The van der Waals surface area contributed by atoms with E-state index in [1.165, 1.54) is 5.56 Å². The van der Waals surface area contributed by atoms with E-state index in [2.05, 4.69) is 21.6 Å². The maximum Gasteiger partial charge on any atom is 0.296 e. The summed E-state index contributed by atoms with van der Waals surface area (Å²) in [6.45, 7) is 4.67. The number of nitrogens with zero attached hydrogens (tertiary/aromatic N) is 3. The van der Waals surface area contributed by atoms with Crippen LogP contribution in [0.3, 0.4) is 0 Å². The van der Waals surface area contributed by atoms with Crippen molar-refractivity contribution in [1.29, 1.82) is 0 Å². The Balaban J connectivity index is 1.40. The topological polar surface area (TPSA) is 59.2 Å². The zero-order chi connectivity index (χ0) is 20.0. The van der Waals surface area contributed by atoms with Crippen molar-refractivity contribution < 1.29 is 9.32 Å². The highest BCUT2D eigenvalue weighted by Crippen LogP contribution is 2.34. The lowest BCUT2D eigenvalue weighted by molar-refractivity contribution is 0.0954. The molecule has 3 heterocycles. The molecule has 0 saturated carbocycles. The number of hydrogen-bond donors (Lipinski definition) is 0. The second kappa shape index (κ2) is 6.97. The number of amides is 1. The number of aryl methyl sites for hydroxylation is 2. The van der Waals surface area contributed by atoms with Crippen LogP contribution in [0.5, 0.6) is 0 Å². The molecule has 0 unspecified atom stereocenters. The molecule has 0 saturated heterocycles. The van der Waals surface area contributed by atoms with Crippen molar-refractivity contribution in [2.24, 2.45) is 0 Å². The standard InChI is InChI=1S/C23H19N3O2S/c1-14-3-5-16(6-4-14)19-12-22(28-25-19)23(27)26-10-9-18-11-17(7-8-21(18)26)20-13-29-15(2)24-20/h3-8,11-13H,9-10H2,1-2H3. The minimum Gasteiger partial charge on any atom is -0.350 e. The second-order valence-corrected chi connectivity index (χ2v) is 8.31. The van der Waals surface area contributed by atoms with Crippen LogP contribution in [-0.4, -0.2) is 22.6 Å². The zero-order valence-electron chi connectivity index (χ0n) is 16.2. The smallest absolute Gasteiger partial charge is 0.296 e. The summed E-state index contributed by atoms with van der Waals surface area (Å²) < 4.78 is 5.38. The highest BCUT2D eigenvalue weighted by molar-refractivity contribution is 7.09. The van der Waals surface area contributed by atoms with Gasteiger partial charge < -0.3 is 9.42 Å². The van der Waals surface area contributed by atoms with Gasteiger partial charge in [0.15, 0.2) is 0 Å². The molecule has 0 spiro atoms. The monoisotopic (exact) mass is 401 g/mol. The summed E-state index contributed by atoms with van der Waals surface area (Å²) in [6, 6.07) is 15.9. The quantitative estimate of drug-likeness (QED) is 0.468. The summed E-state index contributed by atoms with van der Waals surface area (Å²) in [5.41, 5.74) is 6.93. The molecular weight excluding hydrogens is 382 g/mol. The molecule has 29 heavy (non-hydrogen) atoms. The Kier molecular flexibility index (Phi) is 4.28. The largest absolute Gasteiger partial charge is 0.350 e. The highest BCUT2D eigenvalue weighted by Gasteiger charge is 2.28. The van der Waals surface area contributed by atoms with Crippen molar-refractivity contribution >= 4 is 22.9 Å². The third-order valence-corrected chi connectivity index (χ3v) is 5.98. The Bertz CT molecular complexity index is 1210. The Hall–Kier alpha value is -3.25. The number of carbonyl (C=O) groups excluding carboxylic acids is 1. The third kappa shape index (κ3) is 3.25. The van der Waals surface area contributed by atoms with Crippen LogP contribution < -0.4 is 4.90 Å². The molecule has 0 N–H and O–H groups in total. The number of fused-ring (bicyclic) bond motifs is 1. The van der Waals surface area contributed by atoms with Crippen LogP contribution in [0.2, 0.25) is 0 Å². The van der Waals surface area contributed by atoms with Gasteiger partial charge in [-0.2, -0.15) is 0 Å². The first-order chi connectivity index (χ1) is 14.1. The molecule has 0 atom stereocenters. The average Bonchev–Trinajstić information content (AvgIpc) is 3.47. The number of rotatable bonds is 3. The van der Waals surface area contributed by atoms with E-state index in [0.29, 0.717) is 12.2 Å². The minimum absolute atomic E-state index is 0.160. The van der Waals surface area contributed by atoms with E-state index in [0.717, 1.165) is 39.5 Å². The first-order valence-electron chi connectivity index (χ1n) is 9.49. The van der Waals surface area contributed by atoms with Gasteiger partial charge in [0.2, 0.25) is 5.76 Å². The SMILES string of the molecule is Cc1ccc(-c2cc(C(=O)N3CCc4cc(-c5csc(C)n5)ccc43)on2)cc1. The minimum atomic E-state index is -0.160. The van der Waals surface area contributed by atoms with Crippen LogP contribution >= 0.6 is 11.3 Å². The summed E-state index contributed by atoms with van der Waals surface area (Å²) in [6.07, 6.45) is 0.816. The highest BCUT2D eigenvalue weighted by atomic mass is 32.1. The lowest BCUT2D eigenvalue weighted by Gasteiger charge is -2.15. The van der Waals surface area contributed by atoms with Gasteiger partial charge in [0.1, 0.15) is 5.69 Å². The summed E-state index contributed by atoms with van der Waals surface area (Å²) >= 11 is 1.64. The van der Waals surface area contributed by atoms with Crippen molar-refractivity contribution in [3.63, 3.8) is 0 Å². The maximum absolute atomic E-state index is 13.0. The summed E-state index contributed by atoms with van der Waals surface area (Å²) in [5.74, 6) is 0.0968. The number of anilines is 1. The van der Waals surface area contributed by atoms with Crippen molar-refractivity contribution in [3.05, 3.63) is 75.8 Å². The van der Waals surface area contributed by atoms with E-state index in [4.69, 9.17) is 4.52 Å². The molecule has 5 rings (SSSR count). The molecule has 4 aromatic rings. The first-order valence-corrected chi connectivity index (χ1v) is 10.4. The molecule has 1 amide bonds. The molecule has 144 valence electrons. The van der Waals surface area contributed by atoms with E-state index < -0.39 is 0 Å². The van der Waals surface area contributed by atoms with Crippen molar-refractivity contribution in [3.8, 4) is 22.5 Å². The predicted octanol–water partition coefficient (Wildman–Crippen LogP) is 5.28. The molecule has 0 radical (unpaired) electrons. The van der Waals surface area contributed by atoms with Crippen LogP contribution in [-0.2, 0) is 6.42 Å². The van der Waals surface area contributed by atoms with E-state index in [1.807, 2.05) is 50.2 Å². The Morgan fingerprint density at radius 3 is 2.59 bits per heavy atom. The van der Waals surface area contributed by atoms with Crippen molar-refractivity contribution in [2.75, 3.05) is 11.4 Å². The normalized spacial score (nSPS) is 13.0. The summed E-state index contributed by atoms with van der Waals surface area (Å²) in [7, 11) is 0. The van der Waals surface area contributed by atoms with Gasteiger partial charge in [0, 0.05) is 34.8 Å². The van der Waals surface area contributed by atoms with Gasteiger partial charge in [-0.05, 0) is 38.0 Å². The molecule has 2 aromatic heterocycles. The van der Waals surface area contributed by atoms with Crippen LogP contribution in [0.1, 0.15) is 26.7 Å². The molecule has 6 heteroatoms. The summed E-state index contributed by atoms with van der Waals surface area (Å²) in [5, 5.41) is 7.20. The molecule has 0 fully saturated rings. The molecule has 0 bridgehead atoms. The number of hydrogen-bond acceptors (Lipinski definition) is 5. The van der Waals surface area contributed by atoms with E-state index in [1.54, 1.807) is 22.3 Å². The second-order valence-electron chi connectivity index (χ2n) is 7.24. The van der Waals surface area contributed by atoms with E-state index in [9.17, 15) is 4.79 Å². The fraction of sp³-hybridized carbons (Fsp3) is 0.174. The lowest BCUT2D eigenvalue weighted by Crippen LogP contribution is -2.28. The molecule has 2 aromatic carbocycles. The van der Waals surface area contributed by atoms with Gasteiger partial charge in [-0.3, -0.25) is 4.79 Å². The third-order valence-electron chi connectivity index (χ3n) is 5.20. The lowest BCUT2D eigenvalue weighted by atomic mass is 10.1. The van der Waals surface area contributed by atoms with Crippen LogP contribution in [0.25, 0.3) is 22.5 Å². The molecule has 1 aliphatic rings. The van der Waals surface area contributed by atoms with Crippen LogP contribution in [0.4, 0.5) is 5.69 Å². The number of aromatic nitrogens is 2. The Morgan fingerprint density at radius 1 is 1.03 bits per heavy atom. The molecule has 0 aliphatic carbocycles. The molecule has 5 nitrogen and oxygen atoms in total. The number of carbonyl (C=O) groups is 1. The van der Waals surface area contributed by atoms with Gasteiger partial charge in [-0.25, -0.2) is 4.98 Å². The maximum atomic E-state index is 13.0. The van der Waals surface area contributed by atoms with E-state index in [-0.39, 0.29) is 11.7 Å².